The maximum atomic E-state index is 13.3. The van der Waals surface area contributed by atoms with Crippen molar-refractivity contribution >= 4 is 11.6 Å². The maximum Gasteiger partial charge on any atom is 0.257 e. The Morgan fingerprint density at radius 3 is 2.41 bits per heavy atom. The van der Waals surface area contributed by atoms with E-state index in [2.05, 4.69) is 24.1 Å². The first-order valence-corrected chi connectivity index (χ1v) is 8.75. The number of hydrogen-bond donors (Lipinski definition) is 1. The minimum Gasteiger partial charge on any atom is -0.457 e. The molecule has 0 saturated heterocycles. The summed E-state index contributed by atoms with van der Waals surface area (Å²) in [6.45, 7) is 5.95. The molecule has 0 spiro atoms. The van der Waals surface area contributed by atoms with Crippen molar-refractivity contribution in [1.29, 1.82) is 0 Å². The molecular weight excluding hydrogens is 343 g/mol. The Bertz CT molecular complexity index is 970. The van der Waals surface area contributed by atoms with Gasteiger partial charge in [-0.2, -0.15) is 0 Å². The number of aromatic nitrogens is 1. The zero-order valence-electron chi connectivity index (χ0n) is 15.5. The minimum atomic E-state index is -0.371. The second-order valence-electron chi connectivity index (χ2n) is 6.57. The van der Waals surface area contributed by atoms with Gasteiger partial charge in [0.2, 0.25) is 0 Å². The van der Waals surface area contributed by atoms with E-state index in [1.165, 1.54) is 12.1 Å². The smallest absolute Gasteiger partial charge is 0.257 e. The molecule has 27 heavy (non-hydrogen) atoms. The molecule has 1 amide bonds. The number of hydrogen-bond acceptors (Lipinski definition) is 3. The van der Waals surface area contributed by atoms with Gasteiger partial charge in [0.05, 0.1) is 11.3 Å². The normalized spacial score (nSPS) is 10.7. The number of pyridine rings is 1. The molecule has 0 radical (unpaired) electrons. The molecule has 0 bridgehead atoms. The van der Waals surface area contributed by atoms with E-state index in [0.29, 0.717) is 34.4 Å². The van der Waals surface area contributed by atoms with E-state index >= 15 is 0 Å². The maximum absolute atomic E-state index is 13.3. The van der Waals surface area contributed by atoms with Crippen molar-refractivity contribution in [2.45, 2.75) is 26.7 Å². The molecule has 0 aliphatic rings. The summed E-state index contributed by atoms with van der Waals surface area (Å²) in [5.41, 5.74) is 2.75. The molecule has 1 N–H and O–H groups in total. The van der Waals surface area contributed by atoms with E-state index in [9.17, 15) is 9.18 Å². The van der Waals surface area contributed by atoms with Gasteiger partial charge in [-0.25, -0.2) is 4.39 Å². The van der Waals surface area contributed by atoms with Crippen molar-refractivity contribution in [2.75, 3.05) is 5.32 Å². The second-order valence-corrected chi connectivity index (χ2v) is 6.57. The highest BCUT2D eigenvalue weighted by Gasteiger charge is 2.12. The van der Waals surface area contributed by atoms with Crippen LogP contribution in [0.3, 0.4) is 0 Å². The zero-order chi connectivity index (χ0) is 19.4. The van der Waals surface area contributed by atoms with Crippen LogP contribution < -0.4 is 10.1 Å². The van der Waals surface area contributed by atoms with Gasteiger partial charge in [0.1, 0.15) is 17.3 Å². The van der Waals surface area contributed by atoms with E-state index in [4.69, 9.17) is 4.74 Å². The van der Waals surface area contributed by atoms with Crippen molar-refractivity contribution in [3.63, 3.8) is 0 Å². The third-order valence-electron chi connectivity index (χ3n) is 4.07. The van der Waals surface area contributed by atoms with Crippen molar-refractivity contribution in [3.05, 3.63) is 83.4 Å². The summed E-state index contributed by atoms with van der Waals surface area (Å²) in [4.78, 5) is 17.1. The summed E-state index contributed by atoms with van der Waals surface area (Å²) in [6, 6.07) is 16.5. The Hall–Kier alpha value is -3.21. The Kier molecular flexibility index (Phi) is 5.50. The zero-order valence-corrected chi connectivity index (χ0v) is 15.5. The lowest BCUT2D eigenvalue weighted by molar-refractivity contribution is 0.102. The number of carbonyl (C=O) groups excluding carboxylic acids is 1. The average Bonchev–Trinajstić information content (AvgIpc) is 2.61. The molecule has 0 unspecified atom stereocenters. The molecule has 4 nitrogen and oxygen atoms in total. The molecule has 3 aromatic rings. The fraction of sp³-hybridized carbons (Fsp3) is 0.182. The van der Waals surface area contributed by atoms with Gasteiger partial charge in [-0.05, 0) is 49.2 Å². The van der Waals surface area contributed by atoms with Crippen LogP contribution >= 0.6 is 0 Å². The van der Waals surface area contributed by atoms with E-state index in [1.54, 1.807) is 42.5 Å². The summed E-state index contributed by atoms with van der Waals surface area (Å²) in [5, 5.41) is 2.85. The summed E-state index contributed by atoms with van der Waals surface area (Å²) in [5.74, 6) is 0.589. The number of nitrogens with zero attached hydrogens (tertiary/aromatic N) is 1. The summed E-state index contributed by atoms with van der Waals surface area (Å²) >= 11 is 0. The largest absolute Gasteiger partial charge is 0.457 e. The summed E-state index contributed by atoms with van der Waals surface area (Å²) in [7, 11) is 0. The van der Waals surface area contributed by atoms with Gasteiger partial charge < -0.3 is 10.1 Å². The number of carbonyl (C=O) groups is 1. The molecule has 3 rings (SSSR count). The van der Waals surface area contributed by atoms with E-state index in [0.717, 1.165) is 5.69 Å². The van der Waals surface area contributed by atoms with Crippen LogP contribution in [-0.2, 0) is 0 Å². The SMILES string of the molecule is Cc1nc(C(C)C)ccc1C(=O)Nc1cccc(Oc2cccc(F)c2)c1. The molecule has 1 aromatic heterocycles. The van der Waals surface area contributed by atoms with Gasteiger partial charge in [0.25, 0.3) is 5.91 Å². The standard InChI is InChI=1S/C22H21FN2O2/c1-14(2)21-11-10-20(15(3)24-21)22(26)25-17-7-5-9-19(13-17)27-18-8-4-6-16(23)12-18/h4-14H,1-3H3,(H,25,26). The molecule has 138 valence electrons. The van der Waals surface area contributed by atoms with Crippen molar-refractivity contribution in [1.82, 2.24) is 4.98 Å². The van der Waals surface area contributed by atoms with E-state index < -0.39 is 0 Å². The van der Waals surface area contributed by atoms with Crippen molar-refractivity contribution in [3.8, 4) is 11.5 Å². The predicted octanol–water partition coefficient (Wildman–Crippen LogP) is 5.70. The lowest BCUT2D eigenvalue weighted by atomic mass is 10.1. The molecule has 5 heteroatoms. The van der Waals surface area contributed by atoms with Crippen molar-refractivity contribution in [2.24, 2.45) is 0 Å². The number of nitrogens with one attached hydrogen (secondary N) is 1. The van der Waals surface area contributed by atoms with Crippen LogP contribution in [0, 0.1) is 12.7 Å². The third-order valence-corrected chi connectivity index (χ3v) is 4.07. The first-order chi connectivity index (χ1) is 12.9. The van der Waals surface area contributed by atoms with Gasteiger partial charge in [0, 0.05) is 23.5 Å². The van der Waals surface area contributed by atoms with Gasteiger partial charge in [-0.3, -0.25) is 9.78 Å². The van der Waals surface area contributed by atoms with Gasteiger partial charge >= 0.3 is 0 Å². The summed E-state index contributed by atoms with van der Waals surface area (Å²) < 4.78 is 18.9. The van der Waals surface area contributed by atoms with Crippen molar-refractivity contribution < 1.29 is 13.9 Å². The lowest BCUT2D eigenvalue weighted by Crippen LogP contribution is -2.14. The Labute approximate surface area is 158 Å². The number of amides is 1. The van der Waals surface area contributed by atoms with Crippen LogP contribution in [0.4, 0.5) is 10.1 Å². The minimum absolute atomic E-state index is 0.238. The monoisotopic (exact) mass is 364 g/mol. The molecule has 0 saturated carbocycles. The third kappa shape index (κ3) is 4.70. The lowest BCUT2D eigenvalue weighted by Gasteiger charge is -2.11. The summed E-state index contributed by atoms with van der Waals surface area (Å²) in [6.07, 6.45) is 0. The molecular formula is C22H21FN2O2. The Balaban J connectivity index is 1.75. The quantitative estimate of drug-likeness (QED) is 0.632. The fourth-order valence-electron chi connectivity index (χ4n) is 2.64. The first-order valence-electron chi connectivity index (χ1n) is 8.75. The van der Waals surface area contributed by atoms with Gasteiger partial charge in [-0.15, -0.1) is 0 Å². The van der Waals surface area contributed by atoms with Crippen LogP contribution in [0.1, 0.15) is 41.5 Å². The molecule has 1 heterocycles. The van der Waals surface area contributed by atoms with Crippen LogP contribution in [-0.4, -0.2) is 10.9 Å². The Morgan fingerprint density at radius 1 is 1.04 bits per heavy atom. The fourth-order valence-corrected chi connectivity index (χ4v) is 2.64. The number of halogens is 1. The topological polar surface area (TPSA) is 51.2 Å². The van der Waals surface area contributed by atoms with Gasteiger partial charge in [-0.1, -0.05) is 26.0 Å². The van der Waals surface area contributed by atoms with Crippen LogP contribution in [0.5, 0.6) is 11.5 Å². The number of benzene rings is 2. The number of aryl methyl sites for hydroxylation is 1. The number of rotatable bonds is 5. The first kappa shape index (κ1) is 18.6. The number of ether oxygens (including phenoxy) is 1. The highest BCUT2D eigenvalue weighted by molar-refractivity contribution is 6.05. The average molecular weight is 364 g/mol. The predicted molar refractivity (Wildman–Crippen MR) is 104 cm³/mol. The van der Waals surface area contributed by atoms with E-state index in [1.807, 2.05) is 13.0 Å². The molecule has 0 aliphatic heterocycles. The van der Waals surface area contributed by atoms with Crippen LogP contribution in [0.25, 0.3) is 0 Å². The second kappa shape index (κ2) is 7.99. The highest BCUT2D eigenvalue weighted by atomic mass is 19.1. The van der Waals surface area contributed by atoms with Crippen LogP contribution in [0.15, 0.2) is 60.7 Å². The number of anilines is 1. The highest BCUT2D eigenvalue weighted by Crippen LogP contribution is 2.25. The van der Waals surface area contributed by atoms with E-state index in [-0.39, 0.29) is 11.7 Å². The van der Waals surface area contributed by atoms with Gasteiger partial charge in [0.15, 0.2) is 0 Å². The molecule has 0 fully saturated rings. The molecule has 0 aliphatic carbocycles. The molecule has 2 aromatic carbocycles. The Morgan fingerprint density at radius 2 is 1.74 bits per heavy atom. The molecule has 0 atom stereocenters. The van der Waals surface area contributed by atoms with Crippen LogP contribution in [0.2, 0.25) is 0 Å².